The van der Waals surface area contributed by atoms with Crippen molar-refractivity contribution in [3.8, 4) is 0 Å². The zero-order chi connectivity index (χ0) is 12.8. The van der Waals surface area contributed by atoms with E-state index in [0.29, 0.717) is 5.06 Å². The second-order valence-corrected chi connectivity index (χ2v) is 4.66. The summed E-state index contributed by atoms with van der Waals surface area (Å²) in [6, 6.07) is 1.39. The Morgan fingerprint density at radius 1 is 1.41 bits per heavy atom. The van der Waals surface area contributed by atoms with Gasteiger partial charge < -0.3 is 0 Å². The smallest absolute Gasteiger partial charge is 0.228 e. The van der Waals surface area contributed by atoms with Crippen LogP contribution in [0.3, 0.4) is 0 Å². The van der Waals surface area contributed by atoms with Gasteiger partial charge in [-0.15, -0.1) is 11.3 Å². The van der Waals surface area contributed by atoms with Gasteiger partial charge in [0, 0.05) is 11.9 Å². The lowest BCUT2D eigenvalue weighted by atomic mass is 9.97. The summed E-state index contributed by atoms with van der Waals surface area (Å²) in [5, 5.41) is 2.11. The van der Waals surface area contributed by atoms with Gasteiger partial charge in [-0.3, -0.25) is 0 Å². The summed E-state index contributed by atoms with van der Waals surface area (Å²) >= 11 is 0.990. The van der Waals surface area contributed by atoms with Crippen LogP contribution in [0.1, 0.15) is 10.9 Å². The fourth-order valence-electron chi connectivity index (χ4n) is 1.87. The lowest BCUT2D eigenvalue weighted by Crippen LogP contribution is -2.38. The van der Waals surface area contributed by atoms with E-state index >= 15 is 0 Å². The number of hydroxylamine groups is 2. The summed E-state index contributed by atoms with van der Waals surface area (Å²) in [5.41, 5.74) is 0. The lowest BCUT2D eigenvalue weighted by Gasteiger charge is -2.23. The molecule has 1 saturated heterocycles. The van der Waals surface area contributed by atoms with Crippen molar-refractivity contribution < 1.29 is 26.8 Å². The number of hydrogen-bond acceptors (Lipinski definition) is 3. The van der Waals surface area contributed by atoms with Crippen molar-refractivity contribution in [2.45, 2.75) is 18.3 Å². The summed E-state index contributed by atoms with van der Waals surface area (Å²) in [5.74, 6) is -2.85. The zero-order valence-electron chi connectivity index (χ0n) is 8.54. The number of thiophene rings is 1. The van der Waals surface area contributed by atoms with Crippen molar-refractivity contribution in [1.82, 2.24) is 5.06 Å². The van der Waals surface area contributed by atoms with E-state index in [4.69, 9.17) is 0 Å². The molecule has 0 bridgehead atoms. The summed E-state index contributed by atoms with van der Waals surface area (Å²) < 4.78 is 64.5. The summed E-state index contributed by atoms with van der Waals surface area (Å²) in [6.07, 6.45) is -9.26. The van der Waals surface area contributed by atoms with Crippen LogP contribution < -0.4 is 0 Å². The Bertz CT molecular complexity index is 391. The third kappa shape index (κ3) is 2.16. The Morgan fingerprint density at radius 2 is 2.06 bits per heavy atom. The van der Waals surface area contributed by atoms with Gasteiger partial charge in [0.2, 0.25) is 0 Å². The highest BCUT2D eigenvalue weighted by Gasteiger charge is 2.67. The minimum Gasteiger partial charge on any atom is -0.228 e. The average molecular weight is 273 g/mol. The molecule has 2 heterocycles. The van der Waals surface area contributed by atoms with E-state index in [9.17, 15) is 22.0 Å². The van der Waals surface area contributed by atoms with Crippen LogP contribution in [0.15, 0.2) is 17.5 Å². The maximum absolute atomic E-state index is 13.2. The molecule has 0 aliphatic carbocycles. The van der Waals surface area contributed by atoms with Crippen LogP contribution >= 0.6 is 11.3 Å². The van der Waals surface area contributed by atoms with Crippen molar-refractivity contribution in [3.63, 3.8) is 0 Å². The minimum atomic E-state index is -5.02. The third-order valence-corrected chi connectivity index (χ3v) is 3.47. The van der Waals surface area contributed by atoms with Crippen LogP contribution in [0.25, 0.3) is 0 Å². The SMILES string of the molecule is CN1OC(F)(F)C(C(F)(F)F)C1c1cccs1. The Labute approximate surface area is 97.5 Å². The van der Waals surface area contributed by atoms with Gasteiger partial charge in [-0.05, 0) is 11.4 Å². The van der Waals surface area contributed by atoms with Crippen molar-refractivity contribution in [2.24, 2.45) is 5.92 Å². The number of rotatable bonds is 1. The molecule has 17 heavy (non-hydrogen) atoms. The molecule has 2 rings (SSSR count). The molecule has 96 valence electrons. The summed E-state index contributed by atoms with van der Waals surface area (Å²) in [7, 11) is 1.07. The Morgan fingerprint density at radius 3 is 2.53 bits per heavy atom. The number of hydrogen-bond donors (Lipinski definition) is 0. The molecule has 0 saturated carbocycles. The normalized spacial score (nSPS) is 29.8. The van der Waals surface area contributed by atoms with E-state index in [1.54, 1.807) is 0 Å². The highest BCUT2D eigenvalue weighted by molar-refractivity contribution is 7.10. The molecule has 0 amide bonds. The molecule has 2 unspecified atom stereocenters. The first-order valence-corrected chi connectivity index (χ1v) is 5.51. The van der Waals surface area contributed by atoms with Crippen LogP contribution in [0, 0.1) is 5.92 Å². The van der Waals surface area contributed by atoms with E-state index in [0.717, 1.165) is 18.4 Å². The fourth-order valence-corrected chi connectivity index (χ4v) is 2.77. The van der Waals surface area contributed by atoms with E-state index < -0.39 is 24.2 Å². The lowest BCUT2D eigenvalue weighted by molar-refractivity contribution is -0.339. The topological polar surface area (TPSA) is 12.5 Å². The van der Waals surface area contributed by atoms with E-state index in [2.05, 4.69) is 4.84 Å². The first kappa shape index (κ1) is 12.7. The maximum Gasteiger partial charge on any atom is 0.402 e. The molecule has 0 radical (unpaired) electrons. The van der Waals surface area contributed by atoms with Gasteiger partial charge in [-0.25, -0.2) is 4.84 Å². The van der Waals surface area contributed by atoms with Gasteiger partial charge in [0.1, 0.15) is 0 Å². The molecule has 0 N–H and O–H groups in total. The van der Waals surface area contributed by atoms with Gasteiger partial charge in [-0.1, -0.05) is 6.07 Å². The van der Waals surface area contributed by atoms with E-state index in [1.165, 1.54) is 17.5 Å². The third-order valence-electron chi connectivity index (χ3n) is 2.52. The molecule has 8 heteroatoms. The molecular formula is C9H8F5NOS. The van der Waals surface area contributed by atoms with Gasteiger partial charge in [0.25, 0.3) is 0 Å². The second kappa shape index (κ2) is 3.89. The monoisotopic (exact) mass is 273 g/mol. The highest BCUT2D eigenvalue weighted by Crippen LogP contribution is 2.54. The van der Waals surface area contributed by atoms with Crippen molar-refractivity contribution in [3.05, 3.63) is 22.4 Å². The minimum absolute atomic E-state index is 0.201. The standard InChI is InChI=1S/C9H8F5NOS/c1-15-6(5-3-2-4-17-5)7(8(10,11)12)9(13,14)16-15/h2-4,6-7H,1H3. The number of nitrogens with zero attached hydrogens (tertiary/aromatic N) is 1. The second-order valence-electron chi connectivity index (χ2n) is 3.68. The van der Waals surface area contributed by atoms with Crippen LogP contribution in [0.4, 0.5) is 22.0 Å². The van der Waals surface area contributed by atoms with Crippen LogP contribution in [-0.4, -0.2) is 24.4 Å². The van der Waals surface area contributed by atoms with Gasteiger partial charge in [0.15, 0.2) is 5.92 Å². The quantitative estimate of drug-likeness (QED) is 0.727. The maximum atomic E-state index is 13.2. The molecule has 2 nitrogen and oxygen atoms in total. The predicted molar refractivity (Wildman–Crippen MR) is 50.4 cm³/mol. The molecular weight excluding hydrogens is 265 g/mol. The summed E-state index contributed by atoms with van der Waals surface area (Å²) in [6.45, 7) is 0. The molecule has 0 spiro atoms. The molecule has 1 fully saturated rings. The molecule has 1 aromatic heterocycles. The van der Waals surface area contributed by atoms with Gasteiger partial charge in [0.05, 0.1) is 6.04 Å². The molecule has 0 aromatic carbocycles. The first-order valence-electron chi connectivity index (χ1n) is 4.63. The number of halogens is 5. The molecule has 1 aliphatic rings. The predicted octanol–water partition coefficient (Wildman–Crippen LogP) is 3.44. The largest absolute Gasteiger partial charge is 0.402 e. The van der Waals surface area contributed by atoms with Gasteiger partial charge >= 0.3 is 12.3 Å². The van der Waals surface area contributed by atoms with Crippen LogP contribution in [0.2, 0.25) is 0 Å². The fraction of sp³-hybridized carbons (Fsp3) is 0.556. The zero-order valence-corrected chi connectivity index (χ0v) is 9.36. The Kier molecular flexibility index (Phi) is 2.91. The Balaban J connectivity index is 2.42. The van der Waals surface area contributed by atoms with Crippen molar-refractivity contribution >= 4 is 11.3 Å². The average Bonchev–Trinajstić information content (AvgIpc) is 2.68. The van der Waals surface area contributed by atoms with Crippen LogP contribution in [0.5, 0.6) is 0 Å². The molecule has 2 atom stereocenters. The van der Waals surface area contributed by atoms with E-state index in [-0.39, 0.29) is 4.88 Å². The Hall–Kier alpha value is -0.730. The van der Waals surface area contributed by atoms with Crippen molar-refractivity contribution in [2.75, 3.05) is 7.05 Å². The van der Waals surface area contributed by atoms with Gasteiger partial charge in [-0.2, -0.15) is 27.0 Å². The van der Waals surface area contributed by atoms with Crippen molar-refractivity contribution in [1.29, 1.82) is 0 Å². The first-order chi connectivity index (χ1) is 7.73. The number of alkyl halides is 5. The highest BCUT2D eigenvalue weighted by atomic mass is 32.1. The van der Waals surface area contributed by atoms with E-state index in [1.807, 2.05) is 0 Å². The van der Waals surface area contributed by atoms with Crippen LogP contribution in [-0.2, 0) is 4.84 Å². The molecule has 1 aromatic rings. The summed E-state index contributed by atoms with van der Waals surface area (Å²) in [4.78, 5) is 4.21. The molecule has 1 aliphatic heterocycles.